The summed E-state index contributed by atoms with van der Waals surface area (Å²) in [6.45, 7) is 0. The van der Waals surface area contributed by atoms with Crippen LogP contribution in [0.25, 0.3) is 0 Å². The van der Waals surface area contributed by atoms with Crippen LogP contribution in [0, 0.1) is 0 Å². The maximum atomic E-state index is 11.5. The molecule has 0 fully saturated rings. The van der Waals surface area contributed by atoms with Crippen LogP contribution in [0.3, 0.4) is 0 Å². The molecule has 1 N–H and O–H groups in total. The van der Waals surface area contributed by atoms with Crippen molar-refractivity contribution < 1.29 is 9.59 Å². The van der Waals surface area contributed by atoms with Gasteiger partial charge in [0.1, 0.15) is 0 Å². The molecule has 1 aliphatic rings. The van der Waals surface area contributed by atoms with Crippen molar-refractivity contribution in [3.05, 3.63) is 29.3 Å². The van der Waals surface area contributed by atoms with Gasteiger partial charge in [-0.1, -0.05) is 6.07 Å². The van der Waals surface area contributed by atoms with Gasteiger partial charge in [0.2, 0.25) is 0 Å². The molecule has 0 saturated carbocycles. The van der Waals surface area contributed by atoms with Gasteiger partial charge in [0.15, 0.2) is 0 Å². The molecule has 1 aromatic carbocycles. The van der Waals surface area contributed by atoms with Crippen LogP contribution in [-0.4, -0.2) is 23.4 Å². The third-order valence-electron chi connectivity index (χ3n) is 2.06. The molecule has 0 aliphatic carbocycles. The lowest BCUT2D eigenvalue weighted by molar-refractivity contribution is 0.0879. The molecule has 0 aromatic heterocycles. The molecule has 15 heavy (non-hydrogen) atoms. The lowest BCUT2D eigenvalue weighted by Crippen LogP contribution is -2.20. The summed E-state index contributed by atoms with van der Waals surface area (Å²) in [5.41, 5.74) is 0.942. The van der Waals surface area contributed by atoms with Crippen molar-refractivity contribution >= 4 is 35.2 Å². The van der Waals surface area contributed by atoms with Gasteiger partial charge in [-0.2, -0.15) is 0 Å². The summed E-state index contributed by atoms with van der Waals surface area (Å²) in [5.74, 6) is 0.611. The van der Waals surface area contributed by atoms with Crippen molar-refractivity contribution in [2.24, 2.45) is 0 Å². The Balaban J connectivity index is 2.41. The third-order valence-corrected chi connectivity index (χ3v) is 3.53. The standard InChI is InChI=1S/C10H8ClNO2S/c11-4-5-15-7-3-1-2-6-8(7)10(14)12-9(6)13/h1-3H,4-5H2,(H,12,13,14). The number of halogens is 1. The number of rotatable bonds is 3. The number of imide groups is 1. The first-order valence-corrected chi connectivity index (χ1v) is 5.93. The molecule has 0 bridgehead atoms. The van der Waals surface area contributed by atoms with Crippen molar-refractivity contribution in [2.75, 3.05) is 11.6 Å². The second-order valence-electron chi connectivity index (χ2n) is 3.00. The van der Waals surface area contributed by atoms with Crippen molar-refractivity contribution in [2.45, 2.75) is 4.90 Å². The number of nitrogens with one attached hydrogen (secondary N) is 1. The summed E-state index contributed by atoms with van der Waals surface area (Å²) in [4.78, 5) is 23.6. The molecule has 2 amide bonds. The van der Waals surface area contributed by atoms with Gasteiger partial charge in [-0.15, -0.1) is 23.4 Å². The zero-order valence-corrected chi connectivity index (χ0v) is 9.32. The van der Waals surface area contributed by atoms with Crippen molar-refractivity contribution in [1.82, 2.24) is 5.32 Å². The van der Waals surface area contributed by atoms with Gasteiger partial charge in [0, 0.05) is 16.5 Å². The molecule has 1 aliphatic heterocycles. The molecule has 0 atom stereocenters. The van der Waals surface area contributed by atoms with Crippen molar-refractivity contribution in [1.29, 1.82) is 0 Å². The van der Waals surface area contributed by atoms with E-state index in [9.17, 15) is 9.59 Å². The largest absolute Gasteiger partial charge is 0.288 e. The van der Waals surface area contributed by atoms with Crippen LogP contribution >= 0.6 is 23.4 Å². The predicted octanol–water partition coefficient (Wildman–Crippen LogP) is 1.90. The van der Waals surface area contributed by atoms with Gasteiger partial charge in [-0.05, 0) is 12.1 Å². The highest BCUT2D eigenvalue weighted by atomic mass is 35.5. The van der Waals surface area contributed by atoms with Crippen LogP contribution in [0.5, 0.6) is 0 Å². The Morgan fingerprint density at radius 1 is 1.27 bits per heavy atom. The number of benzene rings is 1. The van der Waals surface area contributed by atoms with Gasteiger partial charge in [0.25, 0.3) is 11.8 Å². The highest BCUT2D eigenvalue weighted by molar-refractivity contribution is 7.99. The summed E-state index contributed by atoms with van der Waals surface area (Å²) in [7, 11) is 0. The number of amides is 2. The Morgan fingerprint density at radius 2 is 2.07 bits per heavy atom. The minimum Gasteiger partial charge on any atom is -0.288 e. The van der Waals surface area contributed by atoms with E-state index in [1.807, 2.05) is 6.07 Å². The number of carbonyl (C=O) groups is 2. The number of carbonyl (C=O) groups excluding carboxylic acids is 2. The molecule has 3 nitrogen and oxygen atoms in total. The molecule has 0 spiro atoms. The van der Waals surface area contributed by atoms with E-state index in [-0.39, 0.29) is 11.8 Å². The zero-order valence-electron chi connectivity index (χ0n) is 7.75. The maximum absolute atomic E-state index is 11.5. The monoisotopic (exact) mass is 241 g/mol. The third kappa shape index (κ3) is 1.87. The van der Waals surface area contributed by atoms with Crippen LogP contribution in [0.4, 0.5) is 0 Å². The Labute approximate surface area is 96.2 Å². The van der Waals surface area contributed by atoms with Crippen molar-refractivity contribution in [3.8, 4) is 0 Å². The van der Waals surface area contributed by atoms with Gasteiger partial charge < -0.3 is 0 Å². The fraction of sp³-hybridized carbons (Fsp3) is 0.200. The molecule has 1 heterocycles. The van der Waals surface area contributed by atoms with Gasteiger partial charge in [-0.3, -0.25) is 14.9 Å². The lowest BCUT2D eigenvalue weighted by atomic mass is 10.1. The number of fused-ring (bicyclic) bond motifs is 1. The minimum atomic E-state index is -0.316. The SMILES string of the molecule is O=C1NC(=O)c2c(SCCCl)cccc21. The average molecular weight is 242 g/mol. The van der Waals surface area contributed by atoms with Crippen LogP contribution in [0.1, 0.15) is 20.7 Å². The molecule has 0 saturated heterocycles. The van der Waals surface area contributed by atoms with Crippen LogP contribution < -0.4 is 5.32 Å². The minimum absolute atomic E-state index is 0.312. The summed E-state index contributed by atoms with van der Waals surface area (Å²) in [6, 6.07) is 5.25. The molecule has 0 unspecified atom stereocenters. The fourth-order valence-electron chi connectivity index (χ4n) is 1.46. The van der Waals surface area contributed by atoms with E-state index in [0.29, 0.717) is 17.0 Å². The van der Waals surface area contributed by atoms with E-state index in [4.69, 9.17) is 11.6 Å². The van der Waals surface area contributed by atoms with Crippen LogP contribution in [-0.2, 0) is 0 Å². The van der Waals surface area contributed by atoms with Gasteiger partial charge in [0.05, 0.1) is 11.1 Å². The molecule has 78 valence electrons. The topological polar surface area (TPSA) is 46.2 Å². The van der Waals surface area contributed by atoms with Gasteiger partial charge >= 0.3 is 0 Å². The molecular weight excluding hydrogens is 234 g/mol. The quantitative estimate of drug-likeness (QED) is 0.500. The van der Waals surface area contributed by atoms with E-state index >= 15 is 0 Å². The Bertz CT molecular complexity index is 433. The number of hydrogen-bond acceptors (Lipinski definition) is 3. The Morgan fingerprint density at radius 3 is 2.80 bits per heavy atom. The fourth-order valence-corrected chi connectivity index (χ4v) is 2.51. The Kier molecular flexibility index (Phi) is 2.98. The zero-order chi connectivity index (χ0) is 10.8. The van der Waals surface area contributed by atoms with Crippen LogP contribution in [0.2, 0.25) is 0 Å². The maximum Gasteiger partial charge on any atom is 0.260 e. The summed E-state index contributed by atoms with van der Waals surface area (Å²) in [5, 5.41) is 2.27. The van der Waals surface area contributed by atoms with E-state index in [2.05, 4.69) is 5.32 Å². The molecular formula is C10H8ClNO2S. The normalized spacial score (nSPS) is 13.9. The number of thioether (sulfide) groups is 1. The van der Waals surface area contributed by atoms with E-state index in [1.165, 1.54) is 11.8 Å². The average Bonchev–Trinajstić information content (AvgIpc) is 2.53. The first-order valence-electron chi connectivity index (χ1n) is 4.41. The highest BCUT2D eigenvalue weighted by Crippen LogP contribution is 2.28. The van der Waals surface area contributed by atoms with Crippen LogP contribution in [0.15, 0.2) is 23.1 Å². The van der Waals surface area contributed by atoms with Crippen molar-refractivity contribution in [3.63, 3.8) is 0 Å². The molecule has 5 heteroatoms. The van der Waals surface area contributed by atoms with E-state index < -0.39 is 0 Å². The highest BCUT2D eigenvalue weighted by Gasteiger charge is 2.28. The second-order valence-corrected chi connectivity index (χ2v) is 4.51. The predicted molar refractivity (Wildman–Crippen MR) is 59.7 cm³/mol. The molecule has 0 radical (unpaired) electrons. The molecule has 2 rings (SSSR count). The van der Waals surface area contributed by atoms with E-state index in [0.717, 1.165) is 10.6 Å². The number of alkyl halides is 1. The first-order chi connectivity index (χ1) is 7.24. The summed E-state index contributed by atoms with van der Waals surface area (Å²) in [6.07, 6.45) is 0. The smallest absolute Gasteiger partial charge is 0.260 e. The van der Waals surface area contributed by atoms with E-state index in [1.54, 1.807) is 12.1 Å². The summed E-state index contributed by atoms with van der Waals surface area (Å²) < 4.78 is 0. The Hall–Kier alpha value is -1.00. The summed E-state index contributed by atoms with van der Waals surface area (Å²) >= 11 is 7.07. The van der Waals surface area contributed by atoms with Gasteiger partial charge in [-0.25, -0.2) is 0 Å². The molecule has 1 aromatic rings. The number of hydrogen-bond donors (Lipinski definition) is 1. The second kappa shape index (κ2) is 4.24. The first kappa shape index (κ1) is 10.5. The lowest BCUT2D eigenvalue weighted by Gasteiger charge is -2.03.